The summed E-state index contributed by atoms with van der Waals surface area (Å²) < 4.78 is 14.7. The molecule has 1 saturated heterocycles. The number of halogens is 1. The number of hydrogen-bond acceptors (Lipinski definition) is 3. The SMILES string of the molecule is Cc1c(C(=O)N2CCNCC2)sc2cccc(F)c12. The fourth-order valence-electron chi connectivity index (χ4n) is 2.47. The predicted molar refractivity (Wildman–Crippen MR) is 75.3 cm³/mol. The Balaban J connectivity index is 2.03. The smallest absolute Gasteiger partial charge is 0.264 e. The number of nitrogens with zero attached hydrogens (tertiary/aromatic N) is 1. The molecule has 0 radical (unpaired) electrons. The van der Waals surface area contributed by atoms with Crippen molar-refractivity contribution in [3.05, 3.63) is 34.5 Å². The zero-order chi connectivity index (χ0) is 13.4. The molecule has 1 N–H and O–H groups in total. The zero-order valence-corrected chi connectivity index (χ0v) is 11.5. The lowest BCUT2D eigenvalue weighted by molar-refractivity contribution is 0.0740. The van der Waals surface area contributed by atoms with E-state index < -0.39 is 0 Å². The molecule has 1 amide bonds. The molecule has 1 aliphatic heterocycles. The minimum Gasteiger partial charge on any atom is -0.335 e. The monoisotopic (exact) mass is 278 g/mol. The van der Waals surface area contributed by atoms with E-state index in [0.717, 1.165) is 36.4 Å². The summed E-state index contributed by atoms with van der Waals surface area (Å²) in [6, 6.07) is 5.00. The van der Waals surface area contributed by atoms with Crippen LogP contribution in [0.3, 0.4) is 0 Å². The second-order valence-electron chi connectivity index (χ2n) is 4.71. The molecule has 1 fully saturated rings. The van der Waals surface area contributed by atoms with Gasteiger partial charge in [-0.25, -0.2) is 4.39 Å². The number of amides is 1. The molecule has 3 nitrogen and oxygen atoms in total. The molecular weight excluding hydrogens is 263 g/mol. The van der Waals surface area contributed by atoms with Crippen molar-refractivity contribution >= 4 is 27.3 Å². The molecule has 3 rings (SSSR count). The maximum atomic E-state index is 13.8. The van der Waals surface area contributed by atoms with Gasteiger partial charge >= 0.3 is 0 Å². The Labute approximate surface area is 115 Å². The van der Waals surface area contributed by atoms with Crippen molar-refractivity contribution in [3.8, 4) is 0 Å². The Hall–Kier alpha value is -1.46. The van der Waals surface area contributed by atoms with Crippen LogP contribution < -0.4 is 5.32 Å². The first kappa shape index (κ1) is 12.6. The highest BCUT2D eigenvalue weighted by Gasteiger charge is 2.23. The van der Waals surface area contributed by atoms with Crippen molar-refractivity contribution in [2.24, 2.45) is 0 Å². The lowest BCUT2D eigenvalue weighted by Crippen LogP contribution is -2.46. The number of benzene rings is 1. The van der Waals surface area contributed by atoms with Crippen molar-refractivity contribution in [2.75, 3.05) is 26.2 Å². The van der Waals surface area contributed by atoms with Gasteiger partial charge < -0.3 is 10.2 Å². The van der Waals surface area contributed by atoms with E-state index in [0.29, 0.717) is 10.3 Å². The maximum Gasteiger partial charge on any atom is 0.264 e. The Morgan fingerprint density at radius 3 is 2.79 bits per heavy atom. The van der Waals surface area contributed by atoms with E-state index in [4.69, 9.17) is 0 Å². The molecule has 0 unspecified atom stereocenters. The molecule has 0 atom stereocenters. The Kier molecular flexibility index (Phi) is 3.24. The van der Waals surface area contributed by atoms with E-state index >= 15 is 0 Å². The van der Waals surface area contributed by atoms with E-state index in [1.165, 1.54) is 17.4 Å². The normalized spacial score (nSPS) is 16.0. The third-order valence-electron chi connectivity index (χ3n) is 3.50. The summed E-state index contributed by atoms with van der Waals surface area (Å²) in [5, 5.41) is 3.81. The van der Waals surface area contributed by atoms with Gasteiger partial charge in [-0.2, -0.15) is 0 Å². The van der Waals surface area contributed by atoms with Gasteiger partial charge in [0.15, 0.2) is 0 Å². The predicted octanol–water partition coefficient (Wildman–Crippen LogP) is 2.39. The highest BCUT2D eigenvalue weighted by atomic mass is 32.1. The van der Waals surface area contributed by atoms with Gasteiger partial charge in [0.1, 0.15) is 5.82 Å². The minimum atomic E-state index is -0.245. The van der Waals surface area contributed by atoms with Crippen LogP contribution in [0.4, 0.5) is 4.39 Å². The standard InChI is InChI=1S/C14H15FN2OS/c1-9-12-10(15)3-2-4-11(12)19-13(9)14(18)17-7-5-16-6-8-17/h2-4,16H,5-8H2,1H3. The van der Waals surface area contributed by atoms with Crippen LogP contribution in [0, 0.1) is 12.7 Å². The zero-order valence-electron chi connectivity index (χ0n) is 10.7. The fraction of sp³-hybridized carbons (Fsp3) is 0.357. The van der Waals surface area contributed by atoms with Crippen LogP contribution >= 0.6 is 11.3 Å². The molecule has 0 bridgehead atoms. The van der Waals surface area contributed by atoms with Gasteiger partial charge in [0.25, 0.3) is 5.91 Å². The molecule has 2 heterocycles. The number of carbonyl (C=O) groups is 1. The second-order valence-corrected chi connectivity index (χ2v) is 5.76. The number of fused-ring (bicyclic) bond motifs is 1. The maximum absolute atomic E-state index is 13.8. The minimum absolute atomic E-state index is 0.0274. The van der Waals surface area contributed by atoms with Gasteiger partial charge in [0, 0.05) is 36.3 Å². The number of aryl methyl sites for hydroxylation is 1. The number of nitrogens with one attached hydrogen (secondary N) is 1. The summed E-state index contributed by atoms with van der Waals surface area (Å²) in [4.78, 5) is 15.0. The molecule has 1 aromatic carbocycles. The first-order valence-corrected chi connectivity index (χ1v) is 7.18. The van der Waals surface area contributed by atoms with Crippen molar-refractivity contribution < 1.29 is 9.18 Å². The number of rotatable bonds is 1. The van der Waals surface area contributed by atoms with Crippen LogP contribution in [0.5, 0.6) is 0 Å². The Morgan fingerprint density at radius 2 is 2.11 bits per heavy atom. The fourth-order valence-corrected chi connectivity index (χ4v) is 3.66. The van der Waals surface area contributed by atoms with Gasteiger partial charge in [-0.05, 0) is 24.6 Å². The number of piperazine rings is 1. The van der Waals surface area contributed by atoms with Gasteiger partial charge in [0.2, 0.25) is 0 Å². The van der Waals surface area contributed by atoms with Gasteiger partial charge in [-0.15, -0.1) is 11.3 Å². The molecule has 1 aromatic heterocycles. The lowest BCUT2D eigenvalue weighted by atomic mass is 10.1. The van der Waals surface area contributed by atoms with Crippen LogP contribution in [-0.2, 0) is 0 Å². The van der Waals surface area contributed by atoms with E-state index in [1.807, 2.05) is 17.9 Å². The summed E-state index contributed by atoms with van der Waals surface area (Å²) in [7, 11) is 0. The highest BCUT2D eigenvalue weighted by molar-refractivity contribution is 7.21. The van der Waals surface area contributed by atoms with Crippen LogP contribution in [0.25, 0.3) is 10.1 Å². The molecule has 0 saturated carbocycles. The molecule has 0 spiro atoms. The average molecular weight is 278 g/mol. The third-order valence-corrected chi connectivity index (χ3v) is 4.75. The third kappa shape index (κ3) is 2.13. The van der Waals surface area contributed by atoms with Crippen molar-refractivity contribution in [2.45, 2.75) is 6.92 Å². The molecular formula is C14H15FN2OS. The Morgan fingerprint density at radius 1 is 1.37 bits per heavy atom. The first-order chi connectivity index (χ1) is 9.18. The van der Waals surface area contributed by atoms with Crippen LogP contribution in [0.15, 0.2) is 18.2 Å². The molecule has 2 aromatic rings. The largest absolute Gasteiger partial charge is 0.335 e. The number of hydrogen-bond donors (Lipinski definition) is 1. The topological polar surface area (TPSA) is 32.3 Å². The van der Waals surface area contributed by atoms with Crippen molar-refractivity contribution in [1.82, 2.24) is 10.2 Å². The summed E-state index contributed by atoms with van der Waals surface area (Å²) >= 11 is 1.39. The highest BCUT2D eigenvalue weighted by Crippen LogP contribution is 2.33. The van der Waals surface area contributed by atoms with E-state index in [9.17, 15) is 9.18 Å². The van der Waals surface area contributed by atoms with E-state index in [2.05, 4.69) is 5.32 Å². The molecule has 1 aliphatic rings. The first-order valence-electron chi connectivity index (χ1n) is 6.36. The lowest BCUT2D eigenvalue weighted by Gasteiger charge is -2.27. The quantitative estimate of drug-likeness (QED) is 0.868. The van der Waals surface area contributed by atoms with Crippen LogP contribution in [0.1, 0.15) is 15.2 Å². The van der Waals surface area contributed by atoms with Gasteiger partial charge in [-0.3, -0.25) is 4.79 Å². The Bertz CT molecular complexity index is 632. The van der Waals surface area contributed by atoms with E-state index in [-0.39, 0.29) is 11.7 Å². The van der Waals surface area contributed by atoms with Crippen molar-refractivity contribution in [3.63, 3.8) is 0 Å². The molecule has 19 heavy (non-hydrogen) atoms. The molecule has 100 valence electrons. The van der Waals surface area contributed by atoms with Gasteiger partial charge in [0.05, 0.1) is 4.88 Å². The molecule has 0 aliphatic carbocycles. The average Bonchev–Trinajstić information content (AvgIpc) is 2.78. The van der Waals surface area contributed by atoms with Gasteiger partial charge in [-0.1, -0.05) is 6.07 Å². The second kappa shape index (κ2) is 4.90. The number of thiophene rings is 1. The van der Waals surface area contributed by atoms with E-state index in [1.54, 1.807) is 6.07 Å². The summed E-state index contributed by atoms with van der Waals surface area (Å²) in [5.74, 6) is -0.217. The number of carbonyl (C=O) groups excluding carboxylic acids is 1. The summed E-state index contributed by atoms with van der Waals surface area (Å²) in [5.41, 5.74) is 0.765. The van der Waals surface area contributed by atoms with Crippen molar-refractivity contribution in [1.29, 1.82) is 0 Å². The van der Waals surface area contributed by atoms with Crippen LogP contribution in [0.2, 0.25) is 0 Å². The summed E-state index contributed by atoms with van der Waals surface area (Å²) in [6.07, 6.45) is 0. The molecule has 5 heteroatoms. The summed E-state index contributed by atoms with van der Waals surface area (Å²) in [6.45, 7) is 4.91. The van der Waals surface area contributed by atoms with Crippen LogP contribution in [-0.4, -0.2) is 37.0 Å².